The van der Waals surface area contributed by atoms with Crippen LogP contribution in [0.5, 0.6) is 0 Å². The van der Waals surface area contributed by atoms with Gasteiger partial charge in [0.25, 0.3) is 0 Å². The predicted octanol–water partition coefficient (Wildman–Crippen LogP) is 3.49. The summed E-state index contributed by atoms with van der Waals surface area (Å²) in [4.78, 5) is 13.2. The van der Waals surface area contributed by atoms with Gasteiger partial charge in [0.05, 0.1) is 10.2 Å². The van der Waals surface area contributed by atoms with E-state index < -0.39 is 0 Å². The molecule has 19 heavy (non-hydrogen) atoms. The lowest BCUT2D eigenvalue weighted by atomic mass is 9.92. The monoisotopic (exact) mass is 320 g/mol. The van der Waals surface area contributed by atoms with Gasteiger partial charge in [0, 0.05) is 22.9 Å². The van der Waals surface area contributed by atoms with Gasteiger partial charge in [0.15, 0.2) is 5.82 Å². The van der Waals surface area contributed by atoms with Gasteiger partial charge in [-0.15, -0.1) is 0 Å². The van der Waals surface area contributed by atoms with Crippen LogP contribution in [0.3, 0.4) is 0 Å². The zero-order chi connectivity index (χ0) is 14.2. The van der Waals surface area contributed by atoms with E-state index in [4.69, 9.17) is 5.73 Å². The van der Waals surface area contributed by atoms with Crippen molar-refractivity contribution in [3.05, 3.63) is 34.2 Å². The van der Waals surface area contributed by atoms with Crippen LogP contribution in [0.4, 0.5) is 5.82 Å². The number of nitrogen functional groups attached to an aromatic ring is 1. The highest BCUT2D eigenvalue weighted by atomic mass is 79.9. The smallest absolute Gasteiger partial charge is 0.163 e. The summed E-state index contributed by atoms with van der Waals surface area (Å²) in [6.45, 7) is 8.23. The molecule has 0 aliphatic rings. The van der Waals surface area contributed by atoms with Crippen LogP contribution in [0.1, 0.15) is 32.2 Å². The van der Waals surface area contributed by atoms with Crippen molar-refractivity contribution in [3.8, 4) is 11.4 Å². The summed E-state index contributed by atoms with van der Waals surface area (Å²) in [5.74, 6) is 1.06. The molecule has 0 saturated carbocycles. The molecule has 0 radical (unpaired) electrons. The molecule has 2 N–H and O–H groups in total. The van der Waals surface area contributed by atoms with Crippen molar-refractivity contribution in [2.75, 3.05) is 5.73 Å². The van der Waals surface area contributed by atoms with Crippen LogP contribution in [0.2, 0.25) is 0 Å². The fourth-order valence-corrected chi connectivity index (χ4v) is 2.46. The van der Waals surface area contributed by atoms with Crippen LogP contribution < -0.4 is 5.73 Å². The normalized spacial score (nSPS) is 11.6. The summed E-state index contributed by atoms with van der Waals surface area (Å²) in [5, 5.41) is 0. The SMILES string of the molecule is Cc1ccc(-c2nc(N)c(Br)c(C(C)(C)C)n2)cn1. The third kappa shape index (κ3) is 2.92. The fraction of sp³-hybridized carbons (Fsp3) is 0.357. The molecule has 2 rings (SSSR count). The van der Waals surface area contributed by atoms with Gasteiger partial charge in [-0.1, -0.05) is 20.8 Å². The second kappa shape index (κ2) is 4.89. The van der Waals surface area contributed by atoms with E-state index >= 15 is 0 Å². The highest BCUT2D eigenvalue weighted by Gasteiger charge is 2.22. The molecule has 0 spiro atoms. The number of hydrogen-bond donors (Lipinski definition) is 1. The topological polar surface area (TPSA) is 64.7 Å². The number of nitrogens with two attached hydrogens (primary N) is 1. The number of aryl methyl sites for hydroxylation is 1. The van der Waals surface area contributed by atoms with Gasteiger partial charge in [0.2, 0.25) is 0 Å². The van der Waals surface area contributed by atoms with Crippen molar-refractivity contribution in [2.24, 2.45) is 0 Å². The highest BCUT2D eigenvalue weighted by Crippen LogP contribution is 2.32. The lowest BCUT2D eigenvalue weighted by Gasteiger charge is -2.20. The van der Waals surface area contributed by atoms with Gasteiger partial charge in [-0.3, -0.25) is 4.98 Å². The second-order valence-corrected chi connectivity index (χ2v) is 6.33. The first-order chi connectivity index (χ1) is 8.79. The van der Waals surface area contributed by atoms with Crippen LogP contribution >= 0.6 is 15.9 Å². The van der Waals surface area contributed by atoms with Crippen molar-refractivity contribution in [1.29, 1.82) is 0 Å². The van der Waals surface area contributed by atoms with E-state index in [0.717, 1.165) is 21.4 Å². The van der Waals surface area contributed by atoms with Crippen LogP contribution in [-0.4, -0.2) is 15.0 Å². The minimum atomic E-state index is -0.108. The molecule has 100 valence electrons. The summed E-state index contributed by atoms with van der Waals surface area (Å²) < 4.78 is 0.767. The van der Waals surface area contributed by atoms with E-state index in [2.05, 4.69) is 51.7 Å². The Kier molecular flexibility index (Phi) is 3.58. The molecule has 0 bridgehead atoms. The zero-order valence-electron chi connectivity index (χ0n) is 11.5. The van der Waals surface area contributed by atoms with E-state index in [0.29, 0.717) is 11.6 Å². The maximum atomic E-state index is 5.97. The Labute approximate surface area is 121 Å². The largest absolute Gasteiger partial charge is 0.383 e. The third-order valence-electron chi connectivity index (χ3n) is 2.76. The highest BCUT2D eigenvalue weighted by molar-refractivity contribution is 9.10. The molecule has 0 aromatic carbocycles. The Morgan fingerprint density at radius 1 is 1.16 bits per heavy atom. The van der Waals surface area contributed by atoms with Crippen LogP contribution in [0, 0.1) is 6.92 Å². The Morgan fingerprint density at radius 3 is 2.37 bits per heavy atom. The van der Waals surface area contributed by atoms with E-state index in [9.17, 15) is 0 Å². The van der Waals surface area contributed by atoms with Crippen molar-refractivity contribution < 1.29 is 0 Å². The van der Waals surface area contributed by atoms with Crippen molar-refractivity contribution in [3.63, 3.8) is 0 Å². The third-order valence-corrected chi connectivity index (χ3v) is 3.54. The fourth-order valence-electron chi connectivity index (χ4n) is 1.69. The molecule has 0 aliphatic heterocycles. The maximum Gasteiger partial charge on any atom is 0.163 e. The van der Waals surface area contributed by atoms with Crippen LogP contribution in [0.15, 0.2) is 22.8 Å². The van der Waals surface area contributed by atoms with Gasteiger partial charge < -0.3 is 5.73 Å². The lowest BCUT2D eigenvalue weighted by molar-refractivity contribution is 0.564. The number of anilines is 1. The predicted molar refractivity (Wildman–Crippen MR) is 80.8 cm³/mol. The van der Waals surface area contributed by atoms with Crippen LogP contribution in [0.25, 0.3) is 11.4 Å². The first-order valence-electron chi connectivity index (χ1n) is 6.05. The van der Waals surface area contributed by atoms with E-state index in [1.54, 1.807) is 6.20 Å². The van der Waals surface area contributed by atoms with E-state index in [1.165, 1.54) is 0 Å². The lowest BCUT2D eigenvalue weighted by Crippen LogP contribution is -2.17. The van der Waals surface area contributed by atoms with Gasteiger partial charge >= 0.3 is 0 Å². The number of hydrogen-bond acceptors (Lipinski definition) is 4. The average Bonchev–Trinajstić information content (AvgIpc) is 2.32. The Hall–Kier alpha value is -1.49. The standard InChI is InChI=1S/C14H17BrN4/c1-8-5-6-9(7-17-8)13-18-11(14(2,3)4)10(15)12(16)19-13/h5-7H,1-4H3,(H2,16,18,19). The van der Waals surface area contributed by atoms with Crippen molar-refractivity contribution in [2.45, 2.75) is 33.1 Å². The average molecular weight is 321 g/mol. The summed E-state index contributed by atoms with van der Waals surface area (Å²) in [6, 6.07) is 3.89. The van der Waals surface area contributed by atoms with Crippen LogP contribution in [-0.2, 0) is 5.41 Å². The number of aromatic nitrogens is 3. The molecule has 0 unspecified atom stereocenters. The number of pyridine rings is 1. The summed E-state index contributed by atoms with van der Waals surface area (Å²) in [7, 11) is 0. The molecule has 5 heteroatoms. The Morgan fingerprint density at radius 2 is 1.84 bits per heavy atom. The minimum Gasteiger partial charge on any atom is -0.383 e. The zero-order valence-corrected chi connectivity index (χ0v) is 13.1. The maximum absolute atomic E-state index is 5.97. The molecule has 0 aliphatic carbocycles. The van der Waals surface area contributed by atoms with E-state index in [1.807, 2.05) is 19.1 Å². The van der Waals surface area contributed by atoms with Gasteiger partial charge in [-0.2, -0.15) is 0 Å². The number of halogens is 1. The summed E-state index contributed by atoms with van der Waals surface area (Å²) in [5.41, 5.74) is 8.59. The quantitative estimate of drug-likeness (QED) is 0.873. The number of rotatable bonds is 1. The summed E-state index contributed by atoms with van der Waals surface area (Å²) >= 11 is 3.47. The molecule has 2 heterocycles. The van der Waals surface area contributed by atoms with E-state index in [-0.39, 0.29) is 5.41 Å². The molecule has 0 saturated heterocycles. The van der Waals surface area contributed by atoms with Crippen molar-refractivity contribution >= 4 is 21.7 Å². The molecule has 0 fully saturated rings. The minimum absolute atomic E-state index is 0.108. The molecule has 0 atom stereocenters. The molecular weight excluding hydrogens is 304 g/mol. The molecule has 2 aromatic heterocycles. The molecule has 4 nitrogen and oxygen atoms in total. The summed E-state index contributed by atoms with van der Waals surface area (Å²) in [6.07, 6.45) is 1.77. The number of nitrogens with zero attached hydrogens (tertiary/aromatic N) is 3. The molecular formula is C14H17BrN4. The first-order valence-corrected chi connectivity index (χ1v) is 6.85. The van der Waals surface area contributed by atoms with Crippen molar-refractivity contribution in [1.82, 2.24) is 15.0 Å². The van der Waals surface area contributed by atoms with Gasteiger partial charge in [-0.05, 0) is 35.0 Å². The molecule has 2 aromatic rings. The van der Waals surface area contributed by atoms with Gasteiger partial charge in [0.1, 0.15) is 5.82 Å². The Balaban J connectivity index is 2.60. The first kappa shape index (κ1) is 13.9. The molecule has 0 amide bonds. The Bertz CT molecular complexity index is 600. The second-order valence-electron chi connectivity index (χ2n) is 5.53. The van der Waals surface area contributed by atoms with Gasteiger partial charge in [-0.25, -0.2) is 9.97 Å².